The van der Waals surface area contributed by atoms with Gasteiger partial charge in [-0.2, -0.15) is 0 Å². The van der Waals surface area contributed by atoms with E-state index in [4.69, 9.17) is 4.74 Å². The maximum Gasteiger partial charge on any atom is 0.306 e. The Kier molecular flexibility index (Phi) is 3.89. The lowest BCUT2D eigenvalue weighted by Gasteiger charge is -2.34. The average molecular weight is 262 g/mol. The summed E-state index contributed by atoms with van der Waals surface area (Å²) in [6.07, 6.45) is 12.9. The summed E-state index contributed by atoms with van der Waals surface area (Å²) in [4.78, 5) is 11.4. The van der Waals surface area contributed by atoms with E-state index in [2.05, 4.69) is 38.2 Å². The van der Waals surface area contributed by atoms with Gasteiger partial charge in [-0.05, 0) is 38.0 Å². The Morgan fingerprint density at radius 2 is 2.05 bits per heavy atom. The van der Waals surface area contributed by atoms with Gasteiger partial charge in [0.25, 0.3) is 0 Å². The van der Waals surface area contributed by atoms with Gasteiger partial charge in [0.2, 0.25) is 0 Å². The fourth-order valence-electron chi connectivity index (χ4n) is 3.23. The summed E-state index contributed by atoms with van der Waals surface area (Å²) in [5, 5.41) is 0. The Morgan fingerprint density at radius 1 is 1.32 bits per heavy atom. The SMILES string of the molecule is CC1C=CC=CC1(C)CCC[C@H]1CC(=O)OC1(C)C. The maximum absolute atomic E-state index is 11.4. The lowest BCUT2D eigenvalue weighted by molar-refractivity contribution is -0.146. The van der Waals surface area contributed by atoms with Gasteiger partial charge in [0, 0.05) is 5.92 Å². The molecule has 0 aromatic rings. The highest BCUT2D eigenvalue weighted by atomic mass is 16.6. The number of carbonyl (C=O) groups is 1. The fourth-order valence-corrected chi connectivity index (χ4v) is 3.23. The normalized spacial score (nSPS) is 36.5. The molecule has 106 valence electrons. The van der Waals surface area contributed by atoms with E-state index < -0.39 is 0 Å². The van der Waals surface area contributed by atoms with Gasteiger partial charge in [0.05, 0.1) is 6.42 Å². The van der Waals surface area contributed by atoms with Gasteiger partial charge in [0.1, 0.15) is 5.60 Å². The third-order valence-corrected chi connectivity index (χ3v) is 5.07. The first-order valence-corrected chi connectivity index (χ1v) is 7.41. The van der Waals surface area contributed by atoms with E-state index in [1.165, 1.54) is 6.42 Å². The standard InChI is InChI=1S/C17H26O2/c1-13-8-5-6-10-17(13,4)11-7-9-14-12-15(18)19-16(14,2)3/h5-6,8,10,13-14H,7,9,11-12H2,1-4H3/t13?,14-,17?/m0/s1. The molecule has 0 N–H and O–H groups in total. The summed E-state index contributed by atoms with van der Waals surface area (Å²) in [5.74, 6) is 0.934. The van der Waals surface area contributed by atoms with E-state index in [9.17, 15) is 4.79 Å². The molecule has 2 aliphatic rings. The molecule has 2 unspecified atom stereocenters. The summed E-state index contributed by atoms with van der Waals surface area (Å²) >= 11 is 0. The Labute approximate surface area is 116 Å². The molecule has 0 amide bonds. The van der Waals surface area contributed by atoms with Crippen molar-refractivity contribution in [1.82, 2.24) is 0 Å². The quantitative estimate of drug-likeness (QED) is 0.707. The molecule has 2 rings (SSSR count). The van der Waals surface area contributed by atoms with Crippen LogP contribution in [0.4, 0.5) is 0 Å². The molecule has 2 nitrogen and oxygen atoms in total. The minimum atomic E-state index is -0.272. The number of carbonyl (C=O) groups excluding carboxylic acids is 1. The number of hydrogen-bond acceptors (Lipinski definition) is 2. The summed E-state index contributed by atoms with van der Waals surface area (Å²) in [7, 11) is 0. The van der Waals surface area contributed by atoms with E-state index in [0.29, 0.717) is 18.3 Å². The monoisotopic (exact) mass is 262 g/mol. The van der Waals surface area contributed by atoms with Crippen LogP contribution >= 0.6 is 0 Å². The molecule has 1 aliphatic carbocycles. The lowest BCUT2D eigenvalue weighted by atomic mass is 9.71. The number of cyclic esters (lactones) is 1. The summed E-state index contributed by atoms with van der Waals surface area (Å²) in [5.41, 5.74) is -0.00568. The second kappa shape index (κ2) is 5.15. The van der Waals surface area contributed by atoms with Crippen molar-refractivity contribution in [2.45, 2.75) is 59.0 Å². The second-order valence-electron chi connectivity index (χ2n) is 6.91. The zero-order valence-electron chi connectivity index (χ0n) is 12.6. The van der Waals surface area contributed by atoms with Gasteiger partial charge in [0.15, 0.2) is 0 Å². The Hall–Kier alpha value is -1.05. The Balaban J connectivity index is 1.86. The molecule has 2 heteroatoms. The van der Waals surface area contributed by atoms with Gasteiger partial charge in [-0.3, -0.25) is 4.79 Å². The van der Waals surface area contributed by atoms with Crippen molar-refractivity contribution in [2.24, 2.45) is 17.3 Å². The number of hydrogen-bond donors (Lipinski definition) is 0. The van der Waals surface area contributed by atoms with Crippen molar-refractivity contribution >= 4 is 5.97 Å². The topological polar surface area (TPSA) is 26.3 Å². The molecule has 0 spiro atoms. The van der Waals surface area contributed by atoms with Crippen LogP contribution in [0.5, 0.6) is 0 Å². The minimum absolute atomic E-state index is 0.0323. The van der Waals surface area contributed by atoms with Gasteiger partial charge >= 0.3 is 5.97 Å². The Bertz CT molecular complexity index is 405. The van der Waals surface area contributed by atoms with Crippen molar-refractivity contribution in [2.75, 3.05) is 0 Å². The largest absolute Gasteiger partial charge is 0.459 e. The molecule has 1 heterocycles. The van der Waals surface area contributed by atoms with Crippen molar-refractivity contribution in [3.8, 4) is 0 Å². The molecule has 0 bridgehead atoms. The molecule has 0 aromatic heterocycles. The van der Waals surface area contributed by atoms with Crippen LogP contribution in [-0.2, 0) is 9.53 Å². The number of rotatable bonds is 4. The highest BCUT2D eigenvalue weighted by molar-refractivity contribution is 5.72. The van der Waals surface area contributed by atoms with Crippen LogP contribution in [-0.4, -0.2) is 11.6 Å². The summed E-state index contributed by atoms with van der Waals surface area (Å²) in [6.45, 7) is 8.69. The van der Waals surface area contributed by atoms with E-state index >= 15 is 0 Å². The minimum Gasteiger partial charge on any atom is -0.459 e. The molecule has 0 aromatic carbocycles. The van der Waals surface area contributed by atoms with E-state index in [1.54, 1.807) is 0 Å². The number of esters is 1. The smallest absolute Gasteiger partial charge is 0.306 e. The van der Waals surface area contributed by atoms with Gasteiger partial charge < -0.3 is 4.74 Å². The molecule has 1 aliphatic heterocycles. The first-order valence-electron chi connectivity index (χ1n) is 7.41. The first-order chi connectivity index (χ1) is 8.83. The second-order valence-corrected chi connectivity index (χ2v) is 6.91. The average Bonchev–Trinajstić information content (AvgIpc) is 2.56. The van der Waals surface area contributed by atoms with E-state index in [0.717, 1.165) is 12.8 Å². The highest BCUT2D eigenvalue weighted by Gasteiger charge is 2.41. The fraction of sp³-hybridized carbons (Fsp3) is 0.706. The zero-order valence-corrected chi connectivity index (χ0v) is 12.6. The van der Waals surface area contributed by atoms with Crippen molar-refractivity contribution in [1.29, 1.82) is 0 Å². The van der Waals surface area contributed by atoms with Crippen molar-refractivity contribution < 1.29 is 9.53 Å². The molecule has 1 fully saturated rings. The van der Waals surface area contributed by atoms with Crippen LogP contribution in [0.25, 0.3) is 0 Å². The third kappa shape index (κ3) is 3.10. The van der Waals surface area contributed by atoms with E-state index in [1.807, 2.05) is 13.8 Å². The van der Waals surface area contributed by atoms with Crippen LogP contribution in [0.1, 0.15) is 53.4 Å². The molecular weight excluding hydrogens is 236 g/mol. The molecule has 0 saturated carbocycles. The number of ether oxygens (including phenoxy) is 1. The van der Waals surface area contributed by atoms with Gasteiger partial charge in [-0.15, -0.1) is 0 Å². The molecular formula is C17H26O2. The van der Waals surface area contributed by atoms with Crippen LogP contribution in [0.3, 0.4) is 0 Å². The lowest BCUT2D eigenvalue weighted by Crippen LogP contribution is -2.28. The van der Waals surface area contributed by atoms with Crippen LogP contribution < -0.4 is 0 Å². The molecule has 19 heavy (non-hydrogen) atoms. The highest BCUT2D eigenvalue weighted by Crippen LogP contribution is 2.41. The molecule has 3 atom stereocenters. The predicted molar refractivity (Wildman–Crippen MR) is 77.7 cm³/mol. The molecule has 0 radical (unpaired) electrons. The van der Waals surface area contributed by atoms with Gasteiger partial charge in [-0.25, -0.2) is 0 Å². The van der Waals surface area contributed by atoms with E-state index in [-0.39, 0.29) is 17.0 Å². The first kappa shape index (κ1) is 14.4. The summed E-state index contributed by atoms with van der Waals surface area (Å²) < 4.78 is 5.39. The number of allylic oxidation sites excluding steroid dienone is 4. The van der Waals surface area contributed by atoms with Gasteiger partial charge in [-0.1, -0.05) is 44.6 Å². The van der Waals surface area contributed by atoms with Crippen LogP contribution in [0.2, 0.25) is 0 Å². The van der Waals surface area contributed by atoms with Crippen molar-refractivity contribution in [3.63, 3.8) is 0 Å². The Morgan fingerprint density at radius 3 is 2.63 bits per heavy atom. The maximum atomic E-state index is 11.4. The molecule has 1 saturated heterocycles. The third-order valence-electron chi connectivity index (χ3n) is 5.07. The van der Waals surface area contributed by atoms with Crippen LogP contribution in [0.15, 0.2) is 24.3 Å². The summed E-state index contributed by atoms with van der Waals surface area (Å²) in [6, 6.07) is 0. The van der Waals surface area contributed by atoms with Crippen LogP contribution in [0, 0.1) is 17.3 Å². The van der Waals surface area contributed by atoms with Crippen molar-refractivity contribution in [3.05, 3.63) is 24.3 Å². The predicted octanol–water partition coefficient (Wildman–Crippen LogP) is 4.27. The zero-order chi connectivity index (χ0) is 14.1.